The van der Waals surface area contributed by atoms with E-state index in [0.717, 1.165) is 61.9 Å². The Hall–Kier alpha value is -5.63. The highest BCUT2D eigenvalue weighted by Gasteiger charge is 2.53. The molecule has 0 fully saturated rings. The minimum absolute atomic E-state index is 0.698. The molecule has 3 aliphatic rings. The first-order chi connectivity index (χ1) is 21.2. The van der Waals surface area contributed by atoms with Crippen LogP contribution in [-0.2, 0) is 11.0 Å². The lowest BCUT2D eigenvalue weighted by Crippen LogP contribution is -2.45. The third kappa shape index (κ3) is 2.97. The van der Waals surface area contributed by atoms with Gasteiger partial charge in [0, 0.05) is 72.7 Å². The Labute approximate surface area is 248 Å². The van der Waals surface area contributed by atoms with Gasteiger partial charge in [0.25, 0.3) is 0 Å². The van der Waals surface area contributed by atoms with E-state index in [1.165, 1.54) is 0 Å². The quantitative estimate of drug-likeness (QED) is 0.314. The van der Waals surface area contributed by atoms with Crippen molar-refractivity contribution in [2.75, 3.05) is 13.7 Å². The Bertz CT molecular complexity index is 1960. The summed E-state index contributed by atoms with van der Waals surface area (Å²) in [7, 11) is 2.09. The summed E-state index contributed by atoms with van der Waals surface area (Å²) in [4.78, 5) is 24.5. The second kappa shape index (κ2) is 8.69. The number of nitrogens with one attached hydrogen (secondary N) is 1. The van der Waals surface area contributed by atoms with Gasteiger partial charge in [-0.2, -0.15) is 5.10 Å². The van der Waals surface area contributed by atoms with E-state index >= 15 is 0 Å². The first-order valence-corrected chi connectivity index (χ1v) is 14.3. The van der Waals surface area contributed by atoms with E-state index in [9.17, 15) is 0 Å². The molecule has 5 aromatic heterocycles. The molecule has 0 atom stereocenters. The van der Waals surface area contributed by atoms with E-state index in [0.29, 0.717) is 6.67 Å². The predicted molar refractivity (Wildman–Crippen MR) is 162 cm³/mol. The number of H-pyrrole nitrogens is 1. The van der Waals surface area contributed by atoms with Crippen LogP contribution in [-0.4, -0.2) is 53.6 Å². The fourth-order valence-electron chi connectivity index (χ4n) is 7.46. The largest absolute Gasteiger partial charge is 0.362 e. The van der Waals surface area contributed by atoms with E-state index in [2.05, 4.69) is 88.0 Å². The number of aromatic nitrogens is 6. The zero-order valence-electron chi connectivity index (χ0n) is 23.4. The Balaban J connectivity index is 1.31. The average molecular weight is 559 g/mol. The molecule has 0 amide bonds. The molecule has 6 heterocycles. The molecule has 6 aromatic rings. The SMILES string of the molecule is CN1C=CN(C2(c3ccc(C4(c5ccn[nH]5)c5ncccc5-c5cccnc54)cc3)c3ncccc3-c3cccnc32)C1. The van der Waals surface area contributed by atoms with Gasteiger partial charge in [0.2, 0.25) is 0 Å². The molecule has 8 nitrogen and oxygen atoms in total. The second-order valence-electron chi connectivity index (χ2n) is 11.3. The van der Waals surface area contributed by atoms with Gasteiger partial charge < -0.3 is 9.80 Å². The monoisotopic (exact) mass is 558 g/mol. The fourth-order valence-corrected chi connectivity index (χ4v) is 7.46. The van der Waals surface area contributed by atoms with E-state index in [4.69, 9.17) is 19.9 Å². The van der Waals surface area contributed by atoms with E-state index in [1.54, 1.807) is 6.20 Å². The molecule has 8 heteroatoms. The number of hydrogen-bond donors (Lipinski definition) is 1. The topological polar surface area (TPSA) is 86.7 Å². The summed E-state index contributed by atoms with van der Waals surface area (Å²) in [6, 6.07) is 27.5. The van der Waals surface area contributed by atoms with Crippen LogP contribution in [0, 0.1) is 0 Å². The number of nitrogens with zero attached hydrogens (tertiary/aromatic N) is 7. The highest BCUT2D eigenvalue weighted by atomic mass is 15.4. The van der Waals surface area contributed by atoms with Crippen LogP contribution in [0.25, 0.3) is 22.3 Å². The van der Waals surface area contributed by atoms with Gasteiger partial charge in [-0.1, -0.05) is 48.5 Å². The van der Waals surface area contributed by atoms with Crippen molar-refractivity contribution in [1.82, 2.24) is 39.9 Å². The van der Waals surface area contributed by atoms with Crippen LogP contribution in [0.5, 0.6) is 0 Å². The van der Waals surface area contributed by atoms with E-state index < -0.39 is 11.0 Å². The van der Waals surface area contributed by atoms with Crippen LogP contribution < -0.4 is 0 Å². The van der Waals surface area contributed by atoms with Crippen molar-refractivity contribution >= 4 is 0 Å². The molecule has 9 rings (SSSR count). The van der Waals surface area contributed by atoms with Gasteiger partial charge in [0.05, 0.1) is 35.1 Å². The maximum absolute atomic E-state index is 5.02. The van der Waals surface area contributed by atoms with Crippen molar-refractivity contribution < 1.29 is 0 Å². The normalized spacial score (nSPS) is 16.6. The summed E-state index contributed by atoms with van der Waals surface area (Å²) in [5.41, 5.74) is 9.88. The van der Waals surface area contributed by atoms with Crippen LogP contribution in [0.3, 0.4) is 0 Å². The molecule has 0 saturated heterocycles. The zero-order valence-corrected chi connectivity index (χ0v) is 23.4. The van der Waals surface area contributed by atoms with Crippen molar-refractivity contribution in [2.24, 2.45) is 0 Å². The molecule has 0 unspecified atom stereocenters. The van der Waals surface area contributed by atoms with Crippen molar-refractivity contribution in [3.8, 4) is 22.3 Å². The summed E-state index contributed by atoms with van der Waals surface area (Å²) in [6.07, 6.45) is 13.5. The maximum atomic E-state index is 5.02. The number of pyridine rings is 4. The molecule has 0 radical (unpaired) electrons. The number of aromatic amines is 1. The second-order valence-corrected chi connectivity index (χ2v) is 11.3. The van der Waals surface area contributed by atoms with Crippen molar-refractivity contribution in [1.29, 1.82) is 0 Å². The number of hydrogen-bond acceptors (Lipinski definition) is 7. The average Bonchev–Trinajstić information content (AvgIpc) is 3.86. The third-order valence-corrected chi connectivity index (χ3v) is 9.15. The molecular formula is C35H26N8. The highest BCUT2D eigenvalue weighted by molar-refractivity contribution is 5.83. The van der Waals surface area contributed by atoms with Gasteiger partial charge in [-0.05, 0) is 41.5 Å². The number of fused-ring (bicyclic) bond motifs is 6. The molecule has 1 N–H and O–H groups in total. The van der Waals surface area contributed by atoms with Crippen LogP contribution in [0.1, 0.15) is 39.6 Å². The molecule has 206 valence electrons. The molecule has 43 heavy (non-hydrogen) atoms. The molecular weight excluding hydrogens is 532 g/mol. The number of rotatable bonds is 4. The van der Waals surface area contributed by atoms with Crippen molar-refractivity contribution in [2.45, 2.75) is 11.0 Å². The van der Waals surface area contributed by atoms with Crippen LogP contribution in [0.15, 0.2) is 122 Å². The standard InChI is InChI=1S/C35H26N8/c1-42-20-21-43(22-42)35(32-27(8-4-17-38-32)28-9-5-18-39-33(28)35)24-12-10-23(11-13-24)34(29-14-19-40-41-29)30-25(6-2-15-36-30)26-7-3-16-37-31(26)34/h2-21H,22H2,1H3,(H,40,41). The summed E-state index contributed by atoms with van der Waals surface area (Å²) >= 11 is 0. The summed E-state index contributed by atoms with van der Waals surface area (Å²) in [5.74, 6) is 0. The van der Waals surface area contributed by atoms with Crippen LogP contribution >= 0.6 is 0 Å². The Morgan fingerprint density at radius 3 is 1.58 bits per heavy atom. The third-order valence-electron chi connectivity index (χ3n) is 9.15. The molecule has 1 aromatic carbocycles. The molecule has 0 bridgehead atoms. The van der Waals surface area contributed by atoms with Gasteiger partial charge in [0.1, 0.15) is 5.41 Å². The first kappa shape index (κ1) is 24.0. The van der Waals surface area contributed by atoms with Gasteiger partial charge >= 0.3 is 0 Å². The minimum atomic E-state index is -0.745. The van der Waals surface area contributed by atoms with Gasteiger partial charge in [-0.25, -0.2) is 0 Å². The highest BCUT2D eigenvalue weighted by Crippen LogP contribution is 2.56. The zero-order chi connectivity index (χ0) is 28.6. The Kier molecular flexibility index (Phi) is 4.85. The number of benzene rings is 1. The lowest BCUT2D eigenvalue weighted by atomic mass is 9.73. The lowest BCUT2D eigenvalue weighted by Gasteiger charge is -2.40. The molecule has 1 aliphatic heterocycles. The van der Waals surface area contributed by atoms with Crippen LogP contribution in [0.2, 0.25) is 0 Å². The van der Waals surface area contributed by atoms with Gasteiger partial charge in [-0.15, -0.1) is 0 Å². The van der Waals surface area contributed by atoms with Crippen molar-refractivity contribution in [3.05, 3.63) is 162 Å². The molecule has 0 saturated carbocycles. The van der Waals surface area contributed by atoms with Gasteiger partial charge in [0.15, 0.2) is 5.54 Å². The van der Waals surface area contributed by atoms with E-state index in [1.807, 2.05) is 55.1 Å². The summed E-state index contributed by atoms with van der Waals surface area (Å²) in [5, 5.41) is 7.65. The summed E-state index contributed by atoms with van der Waals surface area (Å²) < 4.78 is 0. The molecule has 2 aliphatic carbocycles. The van der Waals surface area contributed by atoms with Gasteiger partial charge in [-0.3, -0.25) is 25.0 Å². The van der Waals surface area contributed by atoms with Crippen molar-refractivity contribution in [3.63, 3.8) is 0 Å². The van der Waals surface area contributed by atoms with Crippen LogP contribution in [0.4, 0.5) is 0 Å². The smallest absolute Gasteiger partial charge is 0.153 e. The minimum Gasteiger partial charge on any atom is -0.362 e. The Morgan fingerprint density at radius 1 is 0.581 bits per heavy atom. The fraction of sp³-hybridized carbons (Fsp3) is 0.114. The Morgan fingerprint density at radius 2 is 1.09 bits per heavy atom. The predicted octanol–water partition coefficient (Wildman–Crippen LogP) is 5.30. The maximum Gasteiger partial charge on any atom is 0.153 e. The lowest BCUT2D eigenvalue weighted by molar-refractivity contribution is 0.190. The summed E-state index contributed by atoms with van der Waals surface area (Å²) in [6.45, 7) is 0.709. The first-order valence-electron chi connectivity index (χ1n) is 14.3. The molecule has 0 spiro atoms. The van der Waals surface area contributed by atoms with E-state index in [-0.39, 0.29) is 0 Å².